The first-order chi connectivity index (χ1) is 14.7. The highest BCUT2D eigenvalue weighted by Crippen LogP contribution is 2.24. The SMILES string of the molecule is CN1CCCCCOc2ccccc2CCCC(=O)c2coc(n2)-c2ccnc1c2. The number of carbonyl (C=O) groups is 1. The van der Waals surface area contributed by atoms with E-state index < -0.39 is 0 Å². The molecule has 1 aliphatic rings. The number of aryl methyl sites for hydroxylation is 1. The molecule has 0 aliphatic carbocycles. The number of aromatic nitrogens is 2. The van der Waals surface area contributed by atoms with Gasteiger partial charge in [0.2, 0.25) is 5.89 Å². The summed E-state index contributed by atoms with van der Waals surface area (Å²) in [5, 5.41) is 0. The normalized spacial score (nSPS) is 16.0. The van der Waals surface area contributed by atoms with Gasteiger partial charge in [-0.3, -0.25) is 4.79 Å². The Hall–Kier alpha value is -3.15. The van der Waals surface area contributed by atoms with Gasteiger partial charge in [0.1, 0.15) is 23.5 Å². The fourth-order valence-corrected chi connectivity index (χ4v) is 3.64. The number of anilines is 1. The zero-order valence-electron chi connectivity index (χ0n) is 17.3. The molecule has 0 fully saturated rings. The molecule has 2 aromatic heterocycles. The fraction of sp³-hybridized carbons (Fsp3) is 0.375. The summed E-state index contributed by atoms with van der Waals surface area (Å²) in [5.74, 6) is 2.23. The van der Waals surface area contributed by atoms with Gasteiger partial charge in [0.15, 0.2) is 5.78 Å². The molecule has 0 amide bonds. The lowest BCUT2D eigenvalue weighted by molar-refractivity contribution is 0.0975. The lowest BCUT2D eigenvalue weighted by atomic mass is 10.0. The predicted molar refractivity (Wildman–Crippen MR) is 116 cm³/mol. The fourth-order valence-electron chi connectivity index (χ4n) is 3.64. The quantitative estimate of drug-likeness (QED) is 0.528. The summed E-state index contributed by atoms with van der Waals surface area (Å²) in [6.07, 6.45) is 8.32. The summed E-state index contributed by atoms with van der Waals surface area (Å²) in [5.41, 5.74) is 2.34. The number of hydrogen-bond acceptors (Lipinski definition) is 6. The summed E-state index contributed by atoms with van der Waals surface area (Å²) in [6.45, 7) is 1.61. The van der Waals surface area contributed by atoms with Crippen molar-refractivity contribution in [2.24, 2.45) is 0 Å². The third kappa shape index (κ3) is 4.87. The lowest BCUT2D eigenvalue weighted by Crippen LogP contribution is -2.19. The smallest absolute Gasteiger partial charge is 0.226 e. The number of pyridine rings is 1. The van der Waals surface area contributed by atoms with Crippen molar-refractivity contribution in [2.45, 2.75) is 38.5 Å². The first kappa shape index (κ1) is 20.1. The van der Waals surface area contributed by atoms with Crippen molar-refractivity contribution in [3.8, 4) is 17.2 Å². The Bertz CT molecular complexity index is 999. The standard InChI is InChI=1S/C24H27N3O3/c1-27-14-5-2-6-15-29-22-11-4-3-8-18(22)9-7-10-21(28)20-17-30-24(26-20)19-12-13-25-23(27)16-19/h3-4,8,11-13,16-17H,2,5-7,9-10,14-15H2,1H3. The molecule has 4 rings (SSSR count). The van der Waals surface area contributed by atoms with Crippen molar-refractivity contribution in [1.82, 2.24) is 9.97 Å². The van der Waals surface area contributed by atoms with Crippen molar-refractivity contribution in [2.75, 3.05) is 25.1 Å². The van der Waals surface area contributed by atoms with Gasteiger partial charge in [0, 0.05) is 31.8 Å². The van der Waals surface area contributed by atoms with Gasteiger partial charge >= 0.3 is 0 Å². The Kier molecular flexibility index (Phi) is 6.42. The van der Waals surface area contributed by atoms with Crippen LogP contribution in [0.3, 0.4) is 0 Å². The zero-order valence-corrected chi connectivity index (χ0v) is 17.3. The van der Waals surface area contributed by atoms with Crippen LogP contribution >= 0.6 is 0 Å². The van der Waals surface area contributed by atoms with Crippen molar-refractivity contribution in [1.29, 1.82) is 0 Å². The third-order valence-electron chi connectivity index (χ3n) is 5.39. The molecule has 0 unspecified atom stereocenters. The second-order valence-corrected chi connectivity index (χ2v) is 7.66. The summed E-state index contributed by atoms with van der Waals surface area (Å²) in [4.78, 5) is 23.6. The molecule has 0 spiro atoms. The van der Waals surface area contributed by atoms with Crippen LogP contribution in [0.2, 0.25) is 0 Å². The van der Waals surface area contributed by atoms with Gasteiger partial charge in [0.25, 0.3) is 0 Å². The van der Waals surface area contributed by atoms with Crippen LogP contribution in [0.5, 0.6) is 5.75 Å². The maximum Gasteiger partial charge on any atom is 0.226 e. The van der Waals surface area contributed by atoms with E-state index in [1.165, 1.54) is 6.26 Å². The van der Waals surface area contributed by atoms with Crippen molar-refractivity contribution in [3.05, 3.63) is 60.1 Å². The average Bonchev–Trinajstić information content (AvgIpc) is 3.27. The molecule has 3 aromatic rings. The molecule has 0 N–H and O–H groups in total. The Morgan fingerprint density at radius 2 is 1.93 bits per heavy atom. The van der Waals surface area contributed by atoms with Gasteiger partial charge in [-0.15, -0.1) is 0 Å². The monoisotopic (exact) mass is 405 g/mol. The minimum atomic E-state index is -0.00675. The number of rotatable bonds is 0. The van der Waals surface area contributed by atoms with Crippen LogP contribution in [0.25, 0.3) is 11.5 Å². The highest BCUT2D eigenvalue weighted by atomic mass is 16.5. The molecule has 6 heteroatoms. The Morgan fingerprint density at radius 1 is 1.03 bits per heavy atom. The van der Waals surface area contributed by atoms with E-state index in [4.69, 9.17) is 9.15 Å². The first-order valence-electron chi connectivity index (χ1n) is 10.6. The van der Waals surface area contributed by atoms with E-state index in [-0.39, 0.29) is 5.78 Å². The number of Topliss-reactive ketones (excluding diaryl/α,β-unsaturated/α-hetero) is 1. The summed E-state index contributed by atoms with van der Waals surface area (Å²) >= 11 is 0. The lowest BCUT2D eigenvalue weighted by Gasteiger charge is -2.18. The molecule has 4 bridgehead atoms. The van der Waals surface area contributed by atoms with E-state index in [0.717, 1.165) is 61.3 Å². The molecular formula is C24H27N3O3. The van der Waals surface area contributed by atoms with Gasteiger partial charge in [-0.2, -0.15) is 0 Å². The maximum absolute atomic E-state index is 12.6. The molecule has 0 atom stereocenters. The number of oxazole rings is 1. The van der Waals surface area contributed by atoms with E-state index in [2.05, 4.69) is 20.9 Å². The number of para-hydroxylation sites is 1. The number of benzene rings is 1. The minimum Gasteiger partial charge on any atom is -0.493 e. The van der Waals surface area contributed by atoms with E-state index in [9.17, 15) is 4.79 Å². The van der Waals surface area contributed by atoms with Crippen LogP contribution in [-0.4, -0.2) is 36.0 Å². The highest BCUT2D eigenvalue weighted by molar-refractivity contribution is 5.94. The Morgan fingerprint density at radius 3 is 2.87 bits per heavy atom. The molecule has 1 aliphatic heterocycles. The number of fused-ring (bicyclic) bond motifs is 6. The minimum absolute atomic E-state index is 0.00675. The summed E-state index contributed by atoms with van der Waals surface area (Å²) < 4.78 is 11.6. The predicted octanol–water partition coefficient (Wildman–Crippen LogP) is 4.94. The third-order valence-corrected chi connectivity index (χ3v) is 5.39. The van der Waals surface area contributed by atoms with Crippen LogP contribution in [0, 0.1) is 0 Å². The molecule has 156 valence electrons. The topological polar surface area (TPSA) is 68.5 Å². The second-order valence-electron chi connectivity index (χ2n) is 7.66. The Balaban J connectivity index is 1.55. The summed E-state index contributed by atoms with van der Waals surface area (Å²) in [7, 11) is 2.03. The molecule has 1 aromatic carbocycles. The highest BCUT2D eigenvalue weighted by Gasteiger charge is 2.15. The number of carbonyl (C=O) groups excluding carboxylic acids is 1. The van der Waals surface area contributed by atoms with Crippen LogP contribution < -0.4 is 9.64 Å². The van der Waals surface area contributed by atoms with Crippen molar-refractivity contribution in [3.63, 3.8) is 0 Å². The number of ether oxygens (including phenoxy) is 1. The van der Waals surface area contributed by atoms with Crippen LogP contribution in [0.1, 0.15) is 48.2 Å². The number of nitrogens with zero attached hydrogens (tertiary/aromatic N) is 3. The molecule has 0 saturated heterocycles. The van der Waals surface area contributed by atoms with Crippen LogP contribution in [0.15, 0.2) is 53.3 Å². The van der Waals surface area contributed by atoms with Gasteiger partial charge < -0.3 is 14.1 Å². The largest absolute Gasteiger partial charge is 0.493 e. The number of ketones is 1. The van der Waals surface area contributed by atoms with Gasteiger partial charge in [-0.25, -0.2) is 9.97 Å². The maximum atomic E-state index is 12.6. The molecule has 6 nitrogen and oxygen atoms in total. The average molecular weight is 405 g/mol. The van der Waals surface area contributed by atoms with Crippen LogP contribution in [-0.2, 0) is 6.42 Å². The number of hydrogen-bond donors (Lipinski definition) is 0. The molecule has 0 radical (unpaired) electrons. The first-order valence-corrected chi connectivity index (χ1v) is 10.6. The van der Waals surface area contributed by atoms with Crippen molar-refractivity contribution >= 4 is 11.6 Å². The van der Waals surface area contributed by atoms with Crippen LogP contribution in [0.4, 0.5) is 5.82 Å². The zero-order chi connectivity index (χ0) is 20.8. The van der Waals surface area contributed by atoms with Crippen molar-refractivity contribution < 1.29 is 13.9 Å². The van der Waals surface area contributed by atoms with Gasteiger partial charge in [0.05, 0.1) is 6.61 Å². The van der Waals surface area contributed by atoms with E-state index in [1.54, 1.807) is 6.20 Å². The second kappa shape index (κ2) is 9.57. The van der Waals surface area contributed by atoms with Gasteiger partial charge in [-0.1, -0.05) is 18.2 Å². The molecule has 3 heterocycles. The van der Waals surface area contributed by atoms with E-state index in [0.29, 0.717) is 24.6 Å². The summed E-state index contributed by atoms with van der Waals surface area (Å²) in [6, 6.07) is 11.9. The molecule has 0 saturated carbocycles. The van der Waals surface area contributed by atoms with E-state index >= 15 is 0 Å². The van der Waals surface area contributed by atoms with Gasteiger partial charge in [-0.05, 0) is 55.9 Å². The molecular weight excluding hydrogens is 378 g/mol. The van der Waals surface area contributed by atoms with E-state index in [1.807, 2.05) is 37.4 Å². The Labute approximate surface area is 176 Å². The molecule has 30 heavy (non-hydrogen) atoms.